The Kier molecular flexibility index (Phi) is 3.58. The molecule has 0 spiro atoms. The highest BCUT2D eigenvalue weighted by molar-refractivity contribution is 7.80. The van der Waals surface area contributed by atoms with E-state index in [-0.39, 0.29) is 17.4 Å². The molecular weight excluding hydrogens is 289 g/mol. The predicted molar refractivity (Wildman–Crippen MR) is 82.8 cm³/mol. The smallest absolute Gasteiger partial charge is 0.204 e. The number of ether oxygens (including phenoxy) is 1. The third kappa shape index (κ3) is 2.60. The molecule has 0 aliphatic heterocycles. The van der Waals surface area contributed by atoms with Gasteiger partial charge in [-0.1, -0.05) is 42.5 Å². The van der Waals surface area contributed by atoms with Gasteiger partial charge < -0.3 is 14.9 Å². The lowest BCUT2D eigenvalue weighted by atomic mass is 10.2. The van der Waals surface area contributed by atoms with Crippen molar-refractivity contribution < 1.29 is 13.5 Å². The van der Waals surface area contributed by atoms with Gasteiger partial charge in [0.25, 0.3) is 0 Å². The van der Waals surface area contributed by atoms with E-state index >= 15 is 0 Å². The number of benzene rings is 2. The zero-order valence-corrected chi connectivity index (χ0v) is 11.8. The number of fused-ring (bicyclic) bond motifs is 1. The predicted octanol–water partition coefficient (Wildman–Crippen LogP) is 3.79. The van der Waals surface area contributed by atoms with Crippen molar-refractivity contribution in [2.24, 2.45) is 5.73 Å². The molecule has 2 aromatic carbocycles. The molecule has 0 saturated carbocycles. The summed E-state index contributed by atoms with van der Waals surface area (Å²) in [6.07, 6.45) is 0. The van der Waals surface area contributed by atoms with E-state index in [4.69, 9.17) is 27.1 Å². The van der Waals surface area contributed by atoms with Gasteiger partial charge in [0.15, 0.2) is 5.75 Å². The van der Waals surface area contributed by atoms with E-state index in [9.17, 15) is 4.39 Å². The lowest BCUT2D eigenvalue weighted by Gasteiger charge is -2.07. The van der Waals surface area contributed by atoms with Gasteiger partial charge in [-0.25, -0.2) is 4.39 Å². The number of hydrogen-bond acceptors (Lipinski definition) is 3. The zero-order valence-electron chi connectivity index (χ0n) is 11.0. The van der Waals surface area contributed by atoms with Crippen molar-refractivity contribution in [3.63, 3.8) is 0 Å². The Bertz CT molecular complexity index is 813. The van der Waals surface area contributed by atoms with Gasteiger partial charge in [-0.15, -0.1) is 0 Å². The molecule has 0 bridgehead atoms. The first-order chi connectivity index (χ1) is 10.2. The highest BCUT2D eigenvalue weighted by Crippen LogP contribution is 2.33. The van der Waals surface area contributed by atoms with Gasteiger partial charge >= 0.3 is 0 Å². The SMILES string of the molecule is NC(=S)c1oc2ccccc2c1OCc1ccccc1F. The first-order valence-corrected chi connectivity index (χ1v) is 6.75. The highest BCUT2D eigenvalue weighted by Gasteiger charge is 2.18. The van der Waals surface area contributed by atoms with Gasteiger partial charge in [-0.2, -0.15) is 0 Å². The molecule has 1 heterocycles. The van der Waals surface area contributed by atoms with Crippen molar-refractivity contribution in [3.05, 3.63) is 65.7 Å². The molecule has 0 aliphatic carbocycles. The average molecular weight is 301 g/mol. The molecule has 0 fully saturated rings. The molecule has 21 heavy (non-hydrogen) atoms. The van der Waals surface area contributed by atoms with Crippen LogP contribution >= 0.6 is 12.2 Å². The van der Waals surface area contributed by atoms with Crippen molar-refractivity contribution in [3.8, 4) is 5.75 Å². The molecule has 0 unspecified atom stereocenters. The minimum Gasteiger partial charge on any atom is -0.484 e. The molecule has 3 nitrogen and oxygen atoms in total. The molecule has 0 aliphatic rings. The molecule has 2 N–H and O–H groups in total. The lowest BCUT2D eigenvalue weighted by molar-refractivity contribution is 0.298. The maximum absolute atomic E-state index is 13.6. The number of nitrogens with two attached hydrogens (primary N) is 1. The lowest BCUT2D eigenvalue weighted by Crippen LogP contribution is -2.10. The van der Waals surface area contributed by atoms with Crippen LogP contribution < -0.4 is 10.5 Å². The summed E-state index contributed by atoms with van der Waals surface area (Å²) in [4.78, 5) is 0.106. The second-order valence-electron chi connectivity index (χ2n) is 4.50. The Morgan fingerprint density at radius 1 is 1.14 bits per heavy atom. The molecule has 0 saturated heterocycles. The van der Waals surface area contributed by atoms with Gasteiger partial charge in [0.05, 0.1) is 5.39 Å². The van der Waals surface area contributed by atoms with Gasteiger partial charge in [-0.05, 0) is 18.2 Å². The standard InChI is InChI=1S/C16H12FNO2S/c17-12-7-3-1-5-10(12)9-19-14-11-6-2-4-8-13(11)20-15(14)16(18)21/h1-8H,9H2,(H2,18,21). The molecule has 0 radical (unpaired) electrons. The van der Waals surface area contributed by atoms with E-state index in [0.717, 1.165) is 5.39 Å². The molecule has 5 heteroatoms. The summed E-state index contributed by atoms with van der Waals surface area (Å²) in [5.41, 5.74) is 6.74. The third-order valence-corrected chi connectivity index (χ3v) is 3.29. The van der Waals surface area contributed by atoms with Crippen LogP contribution in [0.4, 0.5) is 4.39 Å². The summed E-state index contributed by atoms with van der Waals surface area (Å²) in [6, 6.07) is 13.8. The van der Waals surface area contributed by atoms with Crippen molar-refractivity contribution in [1.82, 2.24) is 0 Å². The number of halogens is 1. The molecule has 3 aromatic rings. The fourth-order valence-corrected chi connectivity index (χ4v) is 2.23. The molecular formula is C16H12FNO2S. The van der Waals surface area contributed by atoms with Crippen molar-refractivity contribution in [2.45, 2.75) is 6.61 Å². The summed E-state index contributed by atoms with van der Waals surface area (Å²) in [7, 11) is 0. The molecule has 0 amide bonds. The van der Waals surface area contributed by atoms with E-state index in [0.29, 0.717) is 22.7 Å². The van der Waals surface area contributed by atoms with Crippen LogP contribution in [0.5, 0.6) is 5.75 Å². The minimum atomic E-state index is -0.317. The number of furan rings is 1. The monoisotopic (exact) mass is 301 g/mol. The molecule has 1 aromatic heterocycles. The summed E-state index contributed by atoms with van der Waals surface area (Å²) < 4.78 is 24.9. The fraction of sp³-hybridized carbons (Fsp3) is 0.0625. The second kappa shape index (κ2) is 5.54. The summed E-state index contributed by atoms with van der Waals surface area (Å²) >= 11 is 4.98. The number of para-hydroxylation sites is 1. The largest absolute Gasteiger partial charge is 0.484 e. The summed E-state index contributed by atoms with van der Waals surface area (Å²) in [5, 5.41) is 0.761. The van der Waals surface area contributed by atoms with Gasteiger partial charge in [0.2, 0.25) is 5.76 Å². The van der Waals surface area contributed by atoms with Crippen LogP contribution in [0.25, 0.3) is 11.0 Å². The van der Waals surface area contributed by atoms with Crippen LogP contribution in [0.3, 0.4) is 0 Å². The van der Waals surface area contributed by atoms with Crippen molar-refractivity contribution in [2.75, 3.05) is 0 Å². The number of hydrogen-bond donors (Lipinski definition) is 1. The highest BCUT2D eigenvalue weighted by atomic mass is 32.1. The summed E-state index contributed by atoms with van der Waals surface area (Å²) in [5.74, 6) is 0.436. The normalized spacial score (nSPS) is 10.7. The number of rotatable bonds is 4. The Hall–Kier alpha value is -2.40. The van der Waals surface area contributed by atoms with Crippen LogP contribution in [0, 0.1) is 5.82 Å². The average Bonchev–Trinajstić information content (AvgIpc) is 2.85. The van der Waals surface area contributed by atoms with Crippen LogP contribution in [0.1, 0.15) is 11.3 Å². The molecule has 0 atom stereocenters. The van der Waals surface area contributed by atoms with Crippen LogP contribution in [0.15, 0.2) is 52.9 Å². The molecule has 3 rings (SSSR count). The number of thiocarbonyl (C=S) groups is 1. The van der Waals surface area contributed by atoms with Crippen LogP contribution in [-0.4, -0.2) is 4.99 Å². The summed E-state index contributed by atoms with van der Waals surface area (Å²) in [6.45, 7) is 0.0752. The van der Waals surface area contributed by atoms with E-state index in [1.54, 1.807) is 24.3 Å². The van der Waals surface area contributed by atoms with E-state index in [1.165, 1.54) is 6.07 Å². The maximum Gasteiger partial charge on any atom is 0.204 e. The van der Waals surface area contributed by atoms with Crippen molar-refractivity contribution in [1.29, 1.82) is 0 Å². The Balaban J connectivity index is 1.98. The minimum absolute atomic E-state index is 0.0752. The van der Waals surface area contributed by atoms with Crippen molar-refractivity contribution >= 4 is 28.2 Å². The Morgan fingerprint density at radius 2 is 1.86 bits per heavy atom. The van der Waals surface area contributed by atoms with E-state index < -0.39 is 0 Å². The van der Waals surface area contributed by atoms with E-state index in [2.05, 4.69) is 0 Å². The second-order valence-corrected chi connectivity index (χ2v) is 4.94. The first kappa shape index (κ1) is 13.6. The van der Waals surface area contributed by atoms with Crippen LogP contribution in [-0.2, 0) is 6.61 Å². The van der Waals surface area contributed by atoms with Crippen LogP contribution in [0.2, 0.25) is 0 Å². The quantitative estimate of drug-likeness (QED) is 0.745. The van der Waals surface area contributed by atoms with E-state index in [1.807, 2.05) is 18.2 Å². The first-order valence-electron chi connectivity index (χ1n) is 6.34. The Labute approximate surface area is 126 Å². The zero-order chi connectivity index (χ0) is 14.8. The Morgan fingerprint density at radius 3 is 2.62 bits per heavy atom. The van der Waals surface area contributed by atoms with Gasteiger partial charge in [-0.3, -0.25) is 0 Å². The third-order valence-electron chi connectivity index (χ3n) is 3.10. The molecule has 106 valence electrons. The fourth-order valence-electron chi connectivity index (χ4n) is 2.09. The van der Waals surface area contributed by atoms with Gasteiger partial charge in [0, 0.05) is 5.56 Å². The maximum atomic E-state index is 13.6. The van der Waals surface area contributed by atoms with Gasteiger partial charge in [0.1, 0.15) is 23.0 Å². The topological polar surface area (TPSA) is 48.4 Å².